The summed E-state index contributed by atoms with van der Waals surface area (Å²) in [6.07, 6.45) is 24.9. The second-order valence-corrected chi connectivity index (χ2v) is 23.5. The summed E-state index contributed by atoms with van der Waals surface area (Å²) in [5.41, 5.74) is -10.0. The van der Waals surface area contributed by atoms with Gasteiger partial charge in [0.2, 0.25) is 11.2 Å². The minimum absolute atomic E-state index is 0.193. The van der Waals surface area contributed by atoms with E-state index in [-0.39, 0.29) is 38.5 Å². The van der Waals surface area contributed by atoms with Crippen LogP contribution in [0.2, 0.25) is 0 Å². The molecule has 0 spiro atoms. The first-order chi connectivity index (χ1) is 37.8. The molecule has 0 aromatic carbocycles. The van der Waals surface area contributed by atoms with Gasteiger partial charge in [0, 0.05) is 38.5 Å². The van der Waals surface area contributed by atoms with Crippen LogP contribution in [0.4, 0.5) is 0 Å². The van der Waals surface area contributed by atoms with Crippen LogP contribution < -0.4 is 0 Å². The van der Waals surface area contributed by atoms with Crippen LogP contribution in [-0.2, 0) is 43.0 Å². The fourth-order valence-corrected chi connectivity index (χ4v) is 11.7. The molecule has 1 rings (SSSR count). The Morgan fingerprint density at radius 1 is 0.269 bits per heavy atom. The minimum Gasteiger partial charge on any atom is -0.443 e. The summed E-state index contributed by atoms with van der Waals surface area (Å²) >= 11 is 0. The Labute approximate surface area is 476 Å². The van der Waals surface area contributed by atoms with Crippen LogP contribution in [0.3, 0.4) is 0 Å². The van der Waals surface area contributed by atoms with Crippen molar-refractivity contribution in [3.8, 4) is 0 Å². The van der Waals surface area contributed by atoms with Crippen molar-refractivity contribution in [1.82, 2.24) is 0 Å². The number of ketones is 3. The molecular weight excluding hydrogens is 985 g/mol. The van der Waals surface area contributed by atoms with E-state index < -0.39 is 89.6 Å². The number of esters is 3. The predicted molar refractivity (Wildman–Crippen MR) is 315 cm³/mol. The lowest BCUT2D eigenvalue weighted by molar-refractivity contribution is -0.324. The maximum absolute atomic E-state index is 16.3. The van der Waals surface area contributed by atoms with E-state index in [4.69, 9.17) is 14.2 Å². The number of unbranched alkanes of at least 4 members (excludes halogenated alkanes) is 36. The highest BCUT2D eigenvalue weighted by Crippen LogP contribution is 2.55. The van der Waals surface area contributed by atoms with Crippen LogP contribution >= 0.6 is 0 Å². The number of aliphatic hydroxyl groups is 3. The average Bonchev–Trinajstić information content (AvgIpc) is 3.57. The molecule has 6 atom stereocenters. The van der Waals surface area contributed by atoms with Crippen LogP contribution in [0.25, 0.3) is 0 Å². The normalized spacial score (nSPS) is 21.1. The second kappa shape index (κ2) is 45.9. The first-order valence-corrected chi connectivity index (χ1v) is 33.1. The molecule has 0 amide bonds. The van der Waals surface area contributed by atoms with Gasteiger partial charge in [-0.1, -0.05) is 273 Å². The fraction of sp³-hybridized carbons (Fsp3) is 0.909. The summed E-state index contributed by atoms with van der Waals surface area (Å²) in [6, 6.07) is 0. The second-order valence-electron chi connectivity index (χ2n) is 23.5. The van der Waals surface area contributed by atoms with Crippen LogP contribution in [0.5, 0.6) is 0 Å². The Kier molecular flexibility index (Phi) is 43.1. The van der Waals surface area contributed by atoms with Crippen LogP contribution in [0, 0.1) is 0 Å². The Hall–Kier alpha value is -2.70. The van der Waals surface area contributed by atoms with Crippen molar-refractivity contribution < 1.29 is 58.3 Å². The van der Waals surface area contributed by atoms with E-state index in [1.165, 1.54) is 0 Å². The summed E-state index contributed by atoms with van der Waals surface area (Å²) < 4.78 is 19.6. The van der Waals surface area contributed by atoms with Crippen LogP contribution in [0.15, 0.2) is 0 Å². The third kappa shape index (κ3) is 25.6. The first-order valence-electron chi connectivity index (χ1n) is 33.1. The van der Waals surface area contributed by atoms with E-state index in [0.29, 0.717) is 57.8 Å². The van der Waals surface area contributed by atoms with E-state index >= 15 is 19.2 Å². The van der Waals surface area contributed by atoms with Gasteiger partial charge in [-0.05, 0) is 38.5 Å². The molecule has 0 aromatic heterocycles. The van der Waals surface area contributed by atoms with Gasteiger partial charge in [0.05, 0.1) is 0 Å². The predicted octanol–water partition coefficient (Wildman–Crippen LogP) is 16.5. The molecule has 78 heavy (non-hydrogen) atoms. The summed E-state index contributed by atoms with van der Waals surface area (Å²) in [7, 11) is 0. The van der Waals surface area contributed by atoms with Crippen molar-refractivity contribution in [2.45, 2.75) is 385 Å². The van der Waals surface area contributed by atoms with E-state index in [1.807, 2.05) is 0 Å². The Balaban J connectivity index is 4.47. The van der Waals surface area contributed by atoms with E-state index in [9.17, 15) is 24.9 Å². The van der Waals surface area contributed by atoms with Gasteiger partial charge in [-0.2, -0.15) is 0 Å². The lowest BCUT2D eigenvalue weighted by Gasteiger charge is -2.61. The van der Waals surface area contributed by atoms with E-state index in [2.05, 4.69) is 41.5 Å². The van der Waals surface area contributed by atoms with Crippen LogP contribution in [0.1, 0.15) is 350 Å². The summed E-state index contributed by atoms with van der Waals surface area (Å²) in [5.74, 6) is -6.16. The summed E-state index contributed by atoms with van der Waals surface area (Å²) in [5, 5.41) is 38.2. The molecule has 1 saturated carbocycles. The van der Waals surface area contributed by atoms with Crippen molar-refractivity contribution in [2.24, 2.45) is 0 Å². The SMILES string of the molecule is CCCCCCCCCC(=O)O[C@@]1(C(=O)CCCCCCCCC)[C@@](OC(=O)CCCCCCCCC)(C(=O)CCCCCCCCC)[C@@H](O)[C@H](O)[C@@H](O)[C@@]1(OC(=O)CCCCCCCCC)C(=O)CCCCCCCCC. The van der Waals surface area contributed by atoms with Crippen molar-refractivity contribution in [3.05, 3.63) is 0 Å². The number of aliphatic hydroxyl groups excluding tert-OH is 3. The molecular formula is C66H120O12. The molecule has 1 aliphatic rings. The number of Topliss-reactive ketones (excluding diaryl/α,β-unsaturated/α-hetero) is 3. The van der Waals surface area contributed by atoms with Gasteiger partial charge in [0.15, 0.2) is 17.3 Å². The molecule has 3 N–H and O–H groups in total. The Morgan fingerprint density at radius 2 is 0.462 bits per heavy atom. The minimum atomic E-state index is -3.42. The summed E-state index contributed by atoms with van der Waals surface area (Å²) in [4.78, 5) is 92.9. The number of rotatable bonds is 54. The molecule has 0 saturated heterocycles. The van der Waals surface area contributed by atoms with Gasteiger partial charge in [-0.25, -0.2) is 0 Å². The molecule has 0 radical (unpaired) electrons. The fourth-order valence-electron chi connectivity index (χ4n) is 11.7. The van der Waals surface area contributed by atoms with Gasteiger partial charge in [0.25, 0.3) is 5.60 Å². The quantitative estimate of drug-likeness (QED) is 0.0297. The van der Waals surface area contributed by atoms with Gasteiger partial charge < -0.3 is 29.5 Å². The number of hydrogen-bond donors (Lipinski definition) is 3. The highest BCUT2D eigenvalue weighted by molar-refractivity contribution is 6.10. The van der Waals surface area contributed by atoms with E-state index in [1.54, 1.807) is 0 Å². The summed E-state index contributed by atoms with van der Waals surface area (Å²) in [6.45, 7) is 12.8. The number of ether oxygens (including phenoxy) is 3. The highest BCUT2D eigenvalue weighted by Gasteiger charge is 2.87. The van der Waals surface area contributed by atoms with Gasteiger partial charge in [0.1, 0.15) is 18.3 Å². The van der Waals surface area contributed by atoms with E-state index in [0.717, 1.165) is 193 Å². The van der Waals surface area contributed by atoms with Crippen molar-refractivity contribution in [3.63, 3.8) is 0 Å². The third-order valence-corrected chi connectivity index (χ3v) is 16.5. The standard InChI is InChI=1S/C66H120O12/c1-7-13-19-25-31-37-43-49-55(67)64(76-58(70)52-46-40-34-28-22-16-10-4)62(74)61(73)63(75)65(56(68)50-44-38-32-26-20-14-8-2,77-59(71)53-47-41-35-29-23-17-11-5)66(64,57(69)51-45-39-33-27-21-15-9-3)78-60(72)54-48-42-36-30-24-18-12-6/h61-63,73-75H,7-54H2,1-6H3/t61-,62-,63+,64+,65-,66-. The smallest absolute Gasteiger partial charge is 0.307 e. The molecule has 12 nitrogen and oxygen atoms in total. The number of hydrogen-bond acceptors (Lipinski definition) is 12. The van der Waals surface area contributed by atoms with Crippen molar-refractivity contribution >= 4 is 35.3 Å². The molecule has 12 heteroatoms. The average molecular weight is 1110 g/mol. The first kappa shape index (κ1) is 73.3. The molecule has 0 bridgehead atoms. The molecule has 0 unspecified atom stereocenters. The van der Waals surface area contributed by atoms with Gasteiger partial charge in [-0.3, -0.25) is 28.8 Å². The number of carbonyl (C=O) groups is 6. The molecule has 1 fully saturated rings. The molecule has 0 heterocycles. The molecule has 0 aromatic rings. The maximum atomic E-state index is 16.3. The maximum Gasteiger partial charge on any atom is 0.307 e. The Morgan fingerprint density at radius 3 is 0.705 bits per heavy atom. The van der Waals surface area contributed by atoms with Crippen molar-refractivity contribution in [1.29, 1.82) is 0 Å². The number of carbonyl (C=O) groups excluding carboxylic acids is 6. The zero-order valence-corrected chi connectivity index (χ0v) is 51.2. The third-order valence-electron chi connectivity index (χ3n) is 16.5. The zero-order chi connectivity index (χ0) is 57.8. The monoisotopic (exact) mass is 1100 g/mol. The van der Waals surface area contributed by atoms with Gasteiger partial charge >= 0.3 is 17.9 Å². The highest BCUT2D eigenvalue weighted by atomic mass is 16.7. The molecule has 456 valence electrons. The van der Waals surface area contributed by atoms with Crippen molar-refractivity contribution in [2.75, 3.05) is 0 Å². The molecule has 1 aliphatic carbocycles. The Bertz CT molecular complexity index is 1500. The lowest BCUT2D eigenvalue weighted by atomic mass is 9.53. The topological polar surface area (TPSA) is 191 Å². The lowest BCUT2D eigenvalue weighted by Crippen LogP contribution is -2.91. The zero-order valence-electron chi connectivity index (χ0n) is 51.2. The largest absolute Gasteiger partial charge is 0.443 e. The van der Waals surface area contributed by atoms with Gasteiger partial charge in [-0.15, -0.1) is 0 Å². The molecule has 0 aliphatic heterocycles. The van der Waals surface area contributed by atoms with Crippen LogP contribution in [-0.4, -0.2) is 85.7 Å².